The average Bonchev–Trinajstić information content (AvgIpc) is 2.73. The van der Waals surface area contributed by atoms with Gasteiger partial charge in [0.15, 0.2) is 17.3 Å². The van der Waals surface area contributed by atoms with Gasteiger partial charge in [-0.25, -0.2) is 4.79 Å². The molecule has 0 aliphatic carbocycles. The lowest BCUT2D eigenvalue weighted by atomic mass is 9.88. The van der Waals surface area contributed by atoms with Crippen molar-refractivity contribution in [3.05, 3.63) is 59.2 Å². The van der Waals surface area contributed by atoms with Gasteiger partial charge < -0.3 is 19.1 Å². The van der Waals surface area contributed by atoms with Gasteiger partial charge in [0.25, 0.3) is 0 Å². The molecule has 0 N–H and O–H groups in total. The van der Waals surface area contributed by atoms with Gasteiger partial charge in [0, 0.05) is 18.5 Å². The predicted octanol–water partition coefficient (Wildman–Crippen LogP) is 4.03. The molecular weight excluding hydrogens is 358 g/mol. The number of nitrogens with zero attached hydrogens (tertiary/aromatic N) is 1. The molecule has 1 aliphatic heterocycles. The van der Waals surface area contributed by atoms with Gasteiger partial charge in [-0.15, -0.1) is 0 Å². The van der Waals surface area contributed by atoms with Crippen molar-refractivity contribution in [1.29, 1.82) is 0 Å². The molecule has 1 atom stereocenters. The van der Waals surface area contributed by atoms with E-state index in [9.17, 15) is 9.59 Å². The number of methoxy groups -OCH3 is 2. The number of carbonyl (C=O) groups excluding carboxylic acids is 2. The molecule has 28 heavy (non-hydrogen) atoms. The molecule has 2 aromatic rings. The Balaban J connectivity index is 2.00. The summed E-state index contributed by atoms with van der Waals surface area (Å²) in [6.07, 6.45) is 0.421. The Labute approximate surface area is 165 Å². The lowest BCUT2D eigenvalue weighted by Crippen LogP contribution is -2.41. The van der Waals surface area contributed by atoms with Crippen molar-refractivity contribution in [3.63, 3.8) is 0 Å². The fourth-order valence-electron chi connectivity index (χ4n) is 3.59. The summed E-state index contributed by atoms with van der Waals surface area (Å²) < 4.78 is 16.1. The highest BCUT2D eigenvalue weighted by Gasteiger charge is 2.34. The van der Waals surface area contributed by atoms with Gasteiger partial charge in [0.2, 0.25) is 0 Å². The van der Waals surface area contributed by atoms with Crippen LogP contribution in [0.1, 0.15) is 40.9 Å². The standard InChI is InChI=1S/C22H25NO5/c1-4-28-22(25)23-11-10-16-12-20(26-2)21(27-3)13-17(16)18(23)14-19(24)15-8-6-5-7-9-15/h5-9,12-13,18H,4,10-11,14H2,1-3H3. The number of hydrogen-bond acceptors (Lipinski definition) is 5. The Kier molecular flexibility index (Phi) is 6.19. The van der Waals surface area contributed by atoms with Crippen molar-refractivity contribution in [2.24, 2.45) is 0 Å². The first-order valence-electron chi connectivity index (χ1n) is 9.35. The lowest BCUT2D eigenvalue weighted by molar-refractivity contribution is 0.0769. The van der Waals surface area contributed by atoms with E-state index in [0.29, 0.717) is 30.0 Å². The minimum absolute atomic E-state index is 0.0254. The Morgan fingerprint density at radius 3 is 2.39 bits per heavy atom. The van der Waals surface area contributed by atoms with Crippen molar-refractivity contribution in [3.8, 4) is 11.5 Å². The quantitative estimate of drug-likeness (QED) is 0.705. The second-order valence-electron chi connectivity index (χ2n) is 6.56. The molecule has 0 bridgehead atoms. The number of benzene rings is 2. The van der Waals surface area contributed by atoms with E-state index in [4.69, 9.17) is 14.2 Å². The van der Waals surface area contributed by atoms with E-state index >= 15 is 0 Å². The van der Waals surface area contributed by atoms with Gasteiger partial charge in [-0.05, 0) is 36.6 Å². The Bertz CT molecular complexity index is 850. The lowest BCUT2D eigenvalue weighted by Gasteiger charge is -2.36. The molecule has 1 heterocycles. The summed E-state index contributed by atoms with van der Waals surface area (Å²) in [5.74, 6) is 1.19. The molecule has 3 rings (SSSR count). The van der Waals surface area contributed by atoms with E-state index in [-0.39, 0.29) is 18.8 Å². The molecule has 1 aliphatic rings. The highest BCUT2D eigenvalue weighted by Crippen LogP contribution is 2.40. The maximum atomic E-state index is 12.9. The maximum Gasteiger partial charge on any atom is 0.410 e. The van der Waals surface area contributed by atoms with Crippen LogP contribution < -0.4 is 9.47 Å². The third-order valence-electron chi connectivity index (χ3n) is 4.98. The molecule has 0 spiro atoms. The number of carbonyl (C=O) groups is 2. The summed E-state index contributed by atoms with van der Waals surface area (Å²) in [5, 5.41) is 0. The largest absolute Gasteiger partial charge is 0.493 e. The van der Waals surface area contributed by atoms with Gasteiger partial charge in [0.1, 0.15) is 0 Å². The predicted molar refractivity (Wildman–Crippen MR) is 105 cm³/mol. The maximum absolute atomic E-state index is 12.9. The molecular formula is C22H25NO5. The first-order valence-corrected chi connectivity index (χ1v) is 9.35. The number of ether oxygens (including phenoxy) is 3. The van der Waals surface area contributed by atoms with Gasteiger partial charge in [-0.1, -0.05) is 30.3 Å². The summed E-state index contributed by atoms with van der Waals surface area (Å²) >= 11 is 0. The molecule has 6 heteroatoms. The molecule has 0 fully saturated rings. The van der Waals surface area contributed by atoms with Crippen molar-refractivity contribution in [2.45, 2.75) is 25.8 Å². The van der Waals surface area contributed by atoms with E-state index in [1.165, 1.54) is 0 Å². The summed E-state index contributed by atoms with van der Waals surface area (Å²) in [6.45, 7) is 2.54. The molecule has 6 nitrogen and oxygen atoms in total. The number of fused-ring (bicyclic) bond motifs is 1. The number of Topliss-reactive ketones (excluding diaryl/α,β-unsaturated/α-hetero) is 1. The third kappa shape index (κ3) is 3.96. The van der Waals surface area contributed by atoms with Crippen LogP contribution in [0, 0.1) is 0 Å². The normalized spacial score (nSPS) is 15.5. The third-order valence-corrected chi connectivity index (χ3v) is 4.98. The Morgan fingerprint density at radius 2 is 1.75 bits per heavy atom. The van der Waals surface area contributed by atoms with Gasteiger partial charge >= 0.3 is 6.09 Å². The molecule has 0 radical (unpaired) electrons. The monoisotopic (exact) mass is 383 g/mol. The highest BCUT2D eigenvalue weighted by molar-refractivity contribution is 5.96. The zero-order valence-corrected chi connectivity index (χ0v) is 16.4. The van der Waals surface area contributed by atoms with Crippen molar-refractivity contribution in [1.82, 2.24) is 4.90 Å². The fraction of sp³-hybridized carbons (Fsp3) is 0.364. The van der Waals surface area contributed by atoms with Crippen LogP contribution in [-0.4, -0.2) is 44.1 Å². The van der Waals surface area contributed by atoms with E-state index in [2.05, 4.69) is 0 Å². The number of amides is 1. The Hall–Kier alpha value is -3.02. The Morgan fingerprint density at radius 1 is 1.07 bits per heavy atom. The minimum atomic E-state index is -0.421. The molecule has 148 valence electrons. The van der Waals surface area contributed by atoms with Crippen LogP contribution in [0.3, 0.4) is 0 Å². The minimum Gasteiger partial charge on any atom is -0.493 e. The number of rotatable bonds is 6. The fourth-order valence-corrected chi connectivity index (χ4v) is 3.59. The van der Waals surface area contributed by atoms with E-state index in [0.717, 1.165) is 11.1 Å². The zero-order chi connectivity index (χ0) is 20.1. The number of ketones is 1. The summed E-state index contributed by atoms with van der Waals surface area (Å²) in [6, 6.07) is 12.5. The summed E-state index contributed by atoms with van der Waals surface area (Å²) in [7, 11) is 3.16. The van der Waals surface area contributed by atoms with Crippen LogP contribution >= 0.6 is 0 Å². The summed E-state index contributed by atoms with van der Waals surface area (Å²) in [4.78, 5) is 27.1. The van der Waals surface area contributed by atoms with Crippen LogP contribution in [0.5, 0.6) is 11.5 Å². The smallest absolute Gasteiger partial charge is 0.410 e. The van der Waals surface area contributed by atoms with E-state index in [1.54, 1.807) is 38.2 Å². The molecule has 0 saturated heterocycles. The molecule has 1 unspecified atom stereocenters. The topological polar surface area (TPSA) is 65.1 Å². The molecule has 0 aromatic heterocycles. The first kappa shape index (κ1) is 19.7. The number of hydrogen-bond donors (Lipinski definition) is 0. The van der Waals surface area contributed by atoms with Gasteiger partial charge in [0.05, 0.1) is 26.9 Å². The van der Waals surface area contributed by atoms with E-state index < -0.39 is 12.1 Å². The van der Waals surface area contributed by atoms with Gasteiger partial charge in [-0.3, -0.25) is 4.79 Å². The van der Waals surface area contributed by atoms with Crippen LogP contribution in [0.15, 0.2) is 42.5 Å². The van der Waals surface area contributed by atoms with Crippen LogP contribution in [0.25, 0.3) is 0 Å². The van der Waals surface area contributed by atoms with Gasteiger partial charge in [-0.2, -0.15) is 0 Å². The molecule has 1 amide bonds. The van der Waals surface area contributed by atoms with E-state index in [1.807, 2.05) is 30.3 Å². The first-order chi connectivity index (χ1) is 13.6. The van der Waals surface area contributed by atoms with Crippen molar-refractivity contribution < 1.29 is 23.8 Å². The SMILES string of the molecule is CCOC(=O)N1CCc2cc(OC)c(OC)cc2C1CC(=O)c1ccccc1. The highest BCUT2D eigenvalue weighted by atomic mass is 16.6. The van der Waals surface area contributed by atoms with Crippen LogP contribution in [-0.2, 0) is 11.2 Å². The van der Waals surface area contributed by atoms with Crippen molar-refractivity contribution in [2.75, 3.05) is 27.4 Å². The zero-order valence-electron chi connectivity index (χ0n) is 16.4. The van der Waals surface area contributed by atoms with Crippen molar-refractivity contribution >= 4 is 11.9 Å². The second kappa shape index (κ2) is 8.78. The summed E-state index contributed by atoms with van der Waals surface area (Å²) in [5.41, 5.74) is 2.56. The van der Waals surface area contributed by atoms with Crippen LogP contribution in [0.2, 0.25) is 0 Å². The molecule has 2 aromatic carbocycles. The second-order valence-corrected chi connectivity index (χ2v) is 6.56. The molecule has 0 saturated carbocycles. The van der Waals surface area contributed by atoms with Crippen LogP contribution in [0.4, 0.5) is 4.79 Å². The average molecular weight is 383 g/mol.